The Bertz CT molecular complexity index is 759. The molecule has 1 aromatic rings. The first-order chi connectivity index (χ1) is 13.9. The lowest BCUT2D eigenvalue weighted by atomic mass is 9.86. The number of carbonyl (C=O) groups excluding carboxylic acids is 2. The average Bonchev–Trinajstić information content (AvgIpc) is 2.70. The maximum Gasteiger partial charge on any atom is 0.270 e. The Labute approximate surface area is 178 Å². The molecule has 9 heteroatoms. The van der Waals surface area contributed by atoms with Crippen LogP contribution in [0.5, 0.6) is 0 Å². The molecule has 0 spiro atoms. The van der Waals surface area contributed by atoms with Gasteiger partial charge in [-0.1, -0.05) is 19.3 Å². The molecule has 0 unspecified atom stereocenters. The van der Waals surface area contributed by atoms with Crippen molar-refractivity contribution in [1.82, 2.24) is 9.80 Å². The zero-order chi connectivity index (χ0) is 20.8. The minimum absolute atomic E-state index is 0.0381. The molecule has 0 bridgehead atoms. The molecular formula is C20H27BrN4O4. The van der Waals surface area contributed by atoms with Crippen LogP contribution in [0.2, 0.25) is 0 Å². The van der Waals surface area contributed by atoms with E-state index in [1.54, 1.807) is 0 Å². The van der Waals surface area contributed by atoms with E-state index in [2.05, 4.69) is 21.2 Å². The van der Waals surface area contributed by atoms with Gasteiger partial charge in [0.1, 0.15) is 0 Å². The normalized spacial score (nSPS) is 18.4. The van der Waals surface area contributed by atoms with Crippen LogP contribution in [0.3, 0.4) is 0 Å². The lowest BCUT2D eigenvalue weighted by molar-refractivity contribution is -0.384. The van der Waals surface area contributed by atoms with Gasteiger partial charge in [-0.25, -0.2) is 0 Å². The highest BCUT2D eigenvalue weighted by atomic mass is 79.9. The van der Waals surface area contributed by atoms with Crippen molar-refractivity contribution in [3.63, 3.8) is 0 Å². The van der Waals surface area contributed by atoms with Crippen LogP contribution in [0.4, 0.5) is 11.4 Å². The number of piperazine rings is 1. The number of hydrogen-bond donors (Lipinski definition) is 1. The number of hydrogen-bond acceptors (Lipinski definition) is 5. The van der Waals surface area contributed by atoms with Gasteiger partial charge in [0.25, 0.3) is 5.69 Å². The molecule has 2 aliphatic rings. The highest BCUT2D eigenvalue weighted by Gasteiger charge is 2.25. The topological polar surface area (TPSA) is 95.8 Å². The molecule has 2 fully saturated rings. The minimum atomic E-state index is -0.481. The van der Waals surface area contributed by atoms with E-state index in [1.165, 1.54) is 50.3 Å². The lowest BCUT2D eigenvalue weighted by Crippen LogP contribution is -2.50. The molecule has 0 aromatic heterocycles. The van der Waals surface area contributed by atoms with Gasteiger partial charge in [-0.3, -0.25) is 24.6 Å². The number of nitrogens with one attached hydrogen (secondary N) is 1. The summed E-state index contributed by atoms with van der Waals surface area (Å²) in [6.07, 6.45) is 6.78. The summed E-state index contributed by atoms with van der Waals surface area (Å²) in [5.41, 5.74) is 0.464. The zero-order valence-electron chi connectivity index (χ0n) is 16.4. The van der Waals surface area contributed by atoms with Crippen LogP contribution < -0.4 is 5.32 Å². The summed E-state index contributed by atoms with van der Waals surface area (Å²) < 4.78 is 0.471. The Kier molecular flexibility index (Phi) is 7.60. The van der Waals surface area contributed by atoms with E-state index in [1.807, 2.05) is 9.80 Å². The highest BCUT2D eigenvalue weighted by Crippen LogP contribution is 2.28. The first kappa shape index (κ1) is 21.7. The molecule has 0 atom stereocenters. The van der Waals surface area contributed by atoms with Gasteiger partial charge in [-0.15, -0.1) is 0 Å². The highest BCUT2D eigenvalue weighted by molar-refractivity contribution is 9.10. The lowest BCUT2D eigenvalue weighted by Gasteiger charge is -2.35. The Morgan fingerprint density at radius 1 is 1.14 bits per heavy atom. The maximum absolute atomic E-state index is 12.5. The number of carbonyl (C=O) groups is 2. The Balaban J connectivity index is 1.42. The van der Waals surface area contributed by atoms with Crippen molar-refractivity contribution in [2.45, 2.75) is 38.5 Å². The average molecular weight is 467 g/mol. The largest absolute Gasteiger partial charge is 0.340 e. The van der Waals surface area contributed by atoms with Crippen LogP contribution in [0.1, 0.15) is 38.5 Å². The van der Waals surface area contributed by atoms with Crippen molar-refractivity contribution in [2.75, 3.05) is 38.0 Å². The number of rotatable bonds is 6. The van der Waals surface area contributed by atoms with Crippen LogP contribution in [-0.2, 0) is 9.59 Å². The molecule has 29 heavy (non-hydrogen) atoms. The molecule has 1 saturated carbocycles. The second-order valence-corrected chi connectivity index (χ2v) is 8.69. The number of halogens is 1. The smallest absolute Gasteiger partial charge is 0.270 e. The molecule has 8 nitrogen and oxygen atoms in total. The summed E-state index contributed by atoms with van der Waals surface area (Å²) in [6.45, 7) is 2.88. The summed E-state index contributed by atoms with van der Waals surface area (Å²) in [6, 6.07) is 4.24. The minimum Gasteiger partial charge on any atom is -0.340 e. The predicted octanol–water partition coefficient (Wildman–Crippen LogP) is 3.41. The van der Waals surface area contributed by atoms with Gasteiger partial charge >= 0.3 is 0 Å². The molecule has 1 N–H and O–H groups in total. The fraction of sp³-hybridized carbons (Fsp3) is 0.600. The molecule has 1 aliphatic carbocycles. The van der Waals surface area contributed by atoms with Crippen molar-refractivity contribution >= 4 is 39.1 Å². The van der Waals surface area contributed by atoms with Gasteiger partial charge in [-0.05, 0) is 40.8 Å². The third-order valence-corrected chi connectivity index (χ3v) is 6.37. The summed E-state index contributed by atoms with van der Waals surface area (Å²) in [4.78, 5) is 39.1. The fourth-order valence-corrected chi connectivity index (χ4v) is 4.50. The fourth-order valence-electron chi connectivity index (χ4n) is 4.03. The Morgan fingerprint density at radius 2 is 1.83 bits per heavy atom. The molecule has 2 amide bonds. The third-order valence-electron chi connectivity index (χ3n) is 5.72. The van der Waals surface area contributed by atoms with E-state index < -0.39 is 4.92 Å². The van der Waals surface area contributed by atoms with Crippen molar-refractivity contribution in [1.29, 1.82) is 0 Å². The van der Waals surface area contributed by atoms with E-state index in [0.29, 0.717) is 48.7 Å². The molecule has 158 valence electrons. The van der Waals surface area contributed by atoms with Gasteiger partial charge in [0.15, 0.2) is 0 Å². The van der Waals surface area contributed by atoms with Crippen molar-refractivity contribution < 1.29 is 14.5 Å². The third kappa shape index (κ3) is 6.24. The summed E-state index contributed by atoms with van der Waals surface area (Å²) in [5.74, 6) is 0.609. The molecule has 1 aliphatic heterocycles. The van der Waals surface area contributed by atoms with Gasteiger partial charge in [0, 0.05) is 49.2 Å². The summed E-state index contributed by atoms with van der Waals surface area (Å²) >= 11 is 3.26. The second kappa shape index (κ2) is 10.2. The summed E-state index contributed by atoms with van der Waals surface area (Å²) in [5, 5.41) is 13.6. The number of nitro benzene ring substituents is 1. The Hall–Kier alpha value is -2.00. The molecule has 0 radical (unpaired) electrons. The molecule has 1 heterocycles. The van der Waals surface area contributed by atoms with Crippen LogP contribution in [0.25, 0.3) is 0 Å². The van der Waals surface area contributed by atoms with Crippen molar-refractivity contribution in [2.24, 2.45) is 5.92 Å². The SMILES string of the molecule is O=C(CN1CCN(C(=O)CC2CCCCC2)CC1)Nc1ccc([N+](=O)[O-])cc1Br. The molecular weight excluding hydrogens is 440 g/mol. The van der Waals surface area contributed by atoms with Gasteiger partial charge in [-0.2, -0.15) is 0 Å². The zero-order valence-corrected chi connectivity index (χ0v) is 18.0. The van der Waals surface area contributed by atoms with Crippen molar-refractivity contribution in [3.05, 3.63) is 32.8 Å². The number of nitrogens with zero attached hydrogens (tertiary/aromatic N) is 3. The molecule has 1 saturated heterocycles. The number of benzene rings is 1. The number of nitro groups is 1. The van der Waals surface area contributed by atoms with E-state index in [9.17, 15) is 19.7 Å². The van der Waals surface area contributed by atoms with Crippen LogP contribution in [-0.4, -0.2) is 59.3 Å². The van der Waals surface area contributed by atoms with Crippen LogP contribution >= 0.6 is 15.9 Å². The second-order valence-electron chi connectivity index (χ2n) is 7.83. The predicted molar refractivity (Wildman–Crippen MR) is 114 cm³/mol. The first-order valence-electron chi connectivity index (χ1n) is 10.2. The van der Waals surface area contributed by atoms with E-state index in [-0.39, 0.29) is 24.0 Å². The maximum atomic E-state index is 12.5. The number of anilines is 1. The van der Waals surface area contributed by atoms with Crippen LogP contribution in [0, 0.1) is 16.0 Å². The van der Waals surface area contributed by atoms with E-state index >= 15 is 0 Å². The van der Waals surface area contributed by atoms with Crippen LogP contribution in [0.15, 0.2) is 22.7 Å². The quantitative estimate of drug-likeness (QED) is 0.511. The number of amides is 2. The van der Waals surface area contributed by atoms with Gasteiger partial charge < -0.3 is 10.2 Å². The van der Waals surface area contributed by atoms with E-state index in [0.717, 1.165) is 0 Å². The first-order valence-corrected chi connectivity index (χ1v) is 11.0. The van der Waals surface area contributed by atoms with Crippen molar-refractivity contribution in [3.8, 4) is 0 Å². The van der Waals surface area contributed by atoms with E-state index in [4.69, 9.17) is 0 Å². The summed E-state index contributed by atoms with van der Waals surface area (Å²) in [7, 11) is 0. The van der Waals surface area contributed by atoms with Gasteiger partial charge in [0.2, 0.25) is 11.8 Å². The molecule has 3 rings (SSSR count). The molecule has 1 aromatic carbocycles. The Morgan fingerprint density at radius 3 is 2.45 bits per heavy atom. The standard InChI is InChI=1S/C20H27BrN4O4/c21-17-13-16(25(28)29)6-7-18(17)22-19(26)14-23-8-10-24(11-9-23)20(27)12-15-4-2-1-3-5-15/h6-7,13,15H,1-5,8-12,14H2,(H,22,26). The number of non-ortho nitro benzene ring substituents is 1. The monoisotopic (exact) mass is 466 g/mol. The van der Waals surface area contributed by atoms with Gasteiger partial charge in [0.05, 0.1) is 17.2 Å².